The molecule has 0 atom stereocenters. The van der Waals surface area contributed by atoms with Gasteiger partial charge in [-0.25, -0.2) is 0 Å². The summed E-state index contributed by atoms with van der Waals surface area (Å²) in [4.78, 5) is 25.6. The lowest BCUT2D eigenvalue weighted by molar-refractivity contribution is -0.133. The minimum absolute atomic E-state index is 0.116. The van der Waals surface area contributed by atoms with Crippen LogP contribution < -0.4 is 19.5 Å². The van der Waals surface area contributed by atoms with Crippen molar-refractivity contribution in [2.24, 2.45) is 0 Å². The van der Waals surface area contributed by atoms with Crippen LogP contribution in [0.25, 0.3) is 0 Å². The maximum atomic E-state index is 12.6. The number of anilines is 1. The number of hydrogen-bond donors (Lipinski definition) is 1. The molecule has 1 aliphatic rings. The molecule has 0 saturated heterocycles. The Morgan fingerprint density at radius 1 is 1.11 bits per heavy atom. The number of ether oxygens (including phenoxy) is 3. The molecular formula is C21H24N2O5. The number of carbonyl (C=O) groups is 2. The number of hydrogen-bond acceptors (Lipinski definition) is 5. The molecule has 0 unspecified atom stereocenters. The Morgan fingerprint density at radius 3 is 2.61 bits per heavy atom. The van der Waals surface area contributed by atoms with Gasteiger partial charge in [-0.2, -0.15) is 0 Å². The van der Waals surface area contributed by atoms with Crippen molar-refractivity contribution < 1.29 is 23.8 Å². The molecule has 0 aliphatic carbocycles. The molecule has 2 aromatic rings. The number of fused-ring (bicyclic) bond motifs is 1. The van der Waals surface area contributed by atoms with Gasteiger partial charge in [0.1, 0.15) is 19.0 Å². The van der Waals surface area contributed by atoms with E-state index in [-0.39, 0.29) is 18.4 Å². The Labute approximate surface area is 164 Å². The fraction of sp³-hybridized carbons (Fsp3) is 0.333. The molecule has 7 nitrogen and oxygen atoms in total. The lowest BCUT2D eigenvalue weighted by Crippen LogP contribution is -2.34. The molecule has 0 bridgehead atoms. The lowest BCUT2D eigenvalue weighted by atomic mass is 10.1. The molecule has 0 saturated carbocycles. The van der Waals surface area contributed by atoms with Gasteiger partial charge in [0.2, 0.25) is 5.91 Å². The van der Waals surface area contributed by atoms with Gasteiger partial charge < -0.3 is 24.4 Å². The van der Waals surface area contributed by atoms with Crippen LogP contribution in [0.4, 0.5) is 5.69 Å². The van der Waals surface area contributed by atoms with Crippen molar-refractivity contribution >= 4 is 17.5 Å². The molecular weight excluding hydrogens is 360 g/mol. The first-order chi connectivity index (χ1) is 13.6. The number of benzene rings is 2. The molecule has 0 fully saturated rings. The number of amides is 2. The van der Waals surface area contributed by atoms with E-state index in [4.69, 9.17) is 14.2 Å². The SMILES string of the molecule is CCN(Cc1ccc2c(c1)OCCO2)C(=O)COc1ccccc1NC(C)=O. The van der Waals surface area contributed by atoms with Crippen LogP contribution in [0.15, 0.2) is 42.5 Å². The van der Waals surface area contributed by atoms with E-state index >= 15 is 0 Å². The summed E-state index contributed by atoms with van der Waals surface area (Å²) in [7, 11) is 0. The first-order valence-electron chi connectivity index (χ1n) is 9.22. The maximum absolute atomic E-state index is 12.6. The van der Waals surface area contributed by atoms with Crippen LogP contribution in [0.3, 0.4) is 0 Å². The molecule has 7 heteroatoms. The minimum atomic E-state index is -0.198. The van der Waals surface area contributed by atoms with Gasteiger partial charge in [0.05, 0.1) is 5.69 Å². The van der Waals surface area contributed by atoms with Crippen molar-refractivity contribution in [3.05, 3.63) is 48.0 Å². The molecule has 2 amide bonds. The molecule has 1 N–H and O–H groups in total. The third-order valence-electron chi connectivity index (χ3n) is 4.26. The molecule has 1 heterocycles. The van der Waals surface area contributed by atoms with E-state index in [0.29, 0.717) is 43.5 Å². The number of likely N-dealkylation sites (N-methyl/N-ethyl adjacent to an activating group) is 1. The summed E-state index contributed by atoms with van der Waals surface area (Å²) in [5, 5.41) is 2.69. The quantitative estimate of drug-likeness (QED) is 0.794. The van der Waals surface area contributed by atoms with Crippen molar-refractivity contribution in [1.29, 1.82) is 0 Å². The third-order valence-corrected chi connectivity index (χ3v) is 4.26. The van der Waals surface area contributed by atoms with E-state index in [1.165, 1.54) is 6.92 Å². The fourth-order valence-corrected chi connectivity index (χ4v) is 2.90. The van der Waals surface area contributed by atoms with E-state index in [9.17, 15) is 9.59 Å². The Morgan fingerprint density at radius 2 is 1.86 bits per heavy atom. The molecule has 0 spiro atoms. The second-order valence-electron chi connectivity index (χ2n) is 6.35. The van der Waals surface area contributed by atoms with Gasteiger partial charge in [0.15, 0.2) is 18.1 Å². The Bertz CT molecular complexity index is 852. The second-order valence-corrected chi connectivity index (χ2v) is 6.35. The molecule has 2 aromatic carbocycles. The van der Waals surface area contributed by atoms with Crippen LogP contribution in [0.2, 0.25) is 0 Å². The fourth-order valence-electron chi connectivity index (χ4n) is 2.90. The van der Waals surface area contributed by atoms with Crippen LogP contribution in [0.1, 0.15) is 19.4 Å². The molecule has 0 radical (unpaired) electrons. The summed E-state index contributed by atoms with van der Waals surface area (Å²) in [6, 6.07) is 12.7. The van der Waals surface area contributed by atoms with Crippen molar-refractivity contribution in [2.45, 2.75) is 20.4 Å². The van der Waals surface area contributed by atoms with Gasteiger partial charge in [-0.1, -0.05) is 18.2 Å². The minimum Gasteiger partial charge on any atom is -0.486 e. The van der Waals surface area contributed by atoms with Crippen molar-refractivity contribution in [2.75, 3.05) is 31.7 Å². The predicted octanol–water partition coefficient (Wildman–Crippen LogP) is 2.84. The highest BCUT2D eigenvalue weighted by molar-refractivity contribution is 5.90. The summed E-state index contributed by atoms with van der Waals surface area (Å²) < 4.78 is 16.8. The highest BCUT2D eigenvalue weighted by atomic mass is 16.6. The molecule has 28 heavy (non-hydrogen) atoms. The van der Waals surface area contributed by atoms with Crippen molar-refractivity contribution in [3.8, 4) is 17.2 Å². The zero-order valence-corrected chi connectivity index (χ0v) is 16.1. The van der Waals surface area contributed by atoms with Crippen LogP contribution in [-0.2, 0) is 16.1 Å². The Hall–Kier alpha value is -3.22. The van der Waals surface area contributed by atoms with Gasteiger partial charge in [-0.3, -0.25) is 9.59 Å². The summed E-state index contributed by atoms with van der Waals surface area (Å²) >= 11 is 0. The standard InChI is InChI=1S/C21H24N2O5/c1-3-23(13-16-8-9-19-20(12-16)27-11-10-26-19)21(25)14-28-18-7-5-4-6-17(18)22-15(2)24/h4-9,12H,3,10-11,13-14H2,1-2H3,(H,22,24). The zero-order valence-electron chi connectivity index (χ0n) is 16.1. The van der Waals surface area contributed by atoms with Gasteiger partial charge in [-0.15, -0.1) is 0 Å². The Kier molecular flexibility index (Phi) is 6.37. The van der Waals surface area contributed by atoms with Crippen LogP contribution in [-0.4, -0.2) is 43.1 Å². The number of rotatable bonds is 7. The Balaban J connectivity index is 1.62. The molecule has 148 valence electrons. The van der Waals surface area contributed by atoms with Gasteiger partial charge in [0.25, 0.3) is 5.91 Å². The number of carbonyl (C=O) groups excluding carboxylic acids is 2. The summed E-state index contributed by atoms with van der Waals surface area (Å²) in [5.41, 5.74) is 1.50. The second kappa shape index (κ2) is 9.12. The smallest absolute Gasteiger partial charge is 0.260 e. The predicted molar refractivity (Wildman–Crippen MR) is 105 cm³/mol. The third kappa shape index (κ3) is 4.94. The largest absolute Gasteiger partial charge is 0.486 e. The average Bonchev–Trinajstić information content (AvgIpc) is 2.70. The highest BCUT2D eigenvalue weighted by Gasteiger charge is 2.17. The summed E-state index contributed by atoms with van der Waals surface area (Å²) in [6.07, 6.45) is 0. The first kappa shape index (κ1) is 19.5. The van der Waals surface area contributed by atoms with Crippen LogP contribution in [0.5, 0.6) is 17.2 Å². The van der Waals surface area contributed by atoms with Crippen LogP contribution >= 0.6 is 0 Å². The zero-order chi connectivity index (χ0) is 19.9. The summed E-state index contributed by atoms with van der Waals surface area (Å²) in [5.74, 6) is 1.54. The maximum Gasteiger partial charge on any atom is 0.260 e. The average molecular weight is 384 g/mol. The van der Waals surface area contributed by atoms with E-state index in [2.05, 4.69) is 5.32 Å². The molecule has 3 rings (SSSR count). The summed E-state index contributed by atoms with van der Waals surface area (Å²) in [6.45, 7) is 5.29. The van der Waals surface area contributed by atoms with E-state index in [0.717, 1.165) is 11.3 Å². The molecule has 0 aromatic heterocycles. The van der Waals surface area contributed by atoms with Gasteiger partial charge in [0, 0.05) is 20.0 Å². The van der Waals surface area contributed by atoms with Crippen molar-refractivity contribution in [1.82, 2.24) is 4.90 Å². The first-order valence-corrected chi connectivity index (χ1v) is 9.22. The number of nitrogens with one attached hydrogen (secondary N) is 1. The topological polar surface area (TPSA) is 77.1 Å². The monoisotopic (exact) mass is 384 g/mol. The van der Waals surface area contributed by atoms with E-state index in [1.807, 2.05) is 25.1 Å². The number of nitrogens with zero attached hydrogens (tertiary/aromatic N) is 1. The van der Waals surface area contributed by atoms with E-state index < -0.39 is 0 Å². The lowest BCUT2D eigenvalue weighted by Gasteiger charge is -2.23. The van der Waals surface area contributed by atoms with E-state index in [1.54, 1.807) is 29.2 Å². The van der Waals surface area contributed by atoms with Crippen LogP contribution in [0, 0.1) is 0 Å². The molecule has 1 aliphatic heterocycles. The van der Waals surface area contributed by atoms with Crippen molar-refractivity contribution in [3.63, 3.8) is 0 Å². The van der Waals surface area contributed by atoms with Gasteiger partial charge >= 0.3 is 0 Å². The normalized spacial score (nSPS) is 12.2. The van der Waals surface area contributed by atoms with Gasteiger partial charge in [-0.05, 0) is 36.8 Å². The number of para-hydroxylation sites is 2. The highest BCUT2D eigenvalue weighted by Crippen LogP contribution is 2.31.